The number of hydrogen-bond donors (Lipinski definition) is 1. The van der Waals surface area contributed by atoms with Crippen LogP contribution in [0.15, 0.2) is 29.2 Å². The predicted molar refractivity (Wildman–Crippen MR) is 91.2 cm³/mol. The second-order valence-electron chi connectivity index (χ2n) is 5.97. The van der Waals surface area contributed by atoms with Gasteiger partial charge in [0.15, 0.2) is 9.84 Å². The molecule has 6 heteroatoms. The van der Waals surface area contributed by atoms with Crippen LogP contribution in [-0.2, 0) is 9.84 Å². The fraction of sp³-hybridized carbons (Fsp3) is 0.625. The molecule has 0 aliphatic carbocycles. The molecule has 2 rings (SSSR count). The summed E-state index contributed by atoms with van der Waals surface area (Å²) in [5.74, 6) is 0. The Morgan fingerprint density at radius 1 is 1.18 bits per heavy atom. The monoisotopic (exact) mass is 325 g/mol. The molecule has 1 atom stereocenters. The van der Waals surface area contributed by atoms with Crippen LogP contribution in [0, 0.1) is 0 Å². The molecule has 1 N–H and O–H groups in total. The van der Waals surface area contributed by atoms with E-state index in [1.165, 1.54) is 6.26 Å². The predicted octanol–water partition coefficient (Wildman–Crippen LogP) is 1.53. The highest BCUT2D eigenvalue weighted by Gasteiger charge is 2.20. The van der Waals surface area contributed by atoms with E-state index >= 15 is 0 Å². The Morgan fingerprint density at radius 2 is 1.82 bits per heavy atom. The number of anilines is 1. The average molecular weight is 325 g/mol. The van der Waals surface area contributed by atoms with Gasteiger partial charge in [0.25, 0.3) is 0 Å². The van der Waals surface area contributed by atoms with Gasteiger partial charge in [0.2, 0.25) is 0 Å². The first-order valence-corrected chi connectivity index (χ1v) is 9.80. The summed E-state index contributed by atoms with van der Waals surface area (Å²) in [4.78, 5) is 5.29. The number of rotatable bonds is 6. The molecule has 1 aliphatic rings. The minimum absolute atomic E-state index is 0.373. The van der Waals surface area contributed by atoms with Crippen LogP contribution in [0.5, 0.6) is 0 Å². The lowest BCUT2D eigenvalue weighted by atomic mass is 10.2. The van der Waals surface area contributed by atoms with Gasteiger partial charge in [0, 0.05) is 45.0 Å². The maximum Gasteiger partial charge on any atom is 0.177 e. The minimum Gasteiger partial charge on any atom is -0.382 e. The second kappa shape index (κ2) is 7.44. The molecule has 124 valence electrons. The first-order chi connectivity index (χ1) is 10.4. The van der Waals surface area contributed by atoms with Crippen LogP contribution in [0.3, 0.4) is 0 Å². The molecule has 1 aliphatic heterocycles. The van der Waals surface area contributed by atoms with Crippen molar-refractivity contribution in [1.29, 1.82) is 0 Å². The number of benzene rings is 1. The maximum absolute atomic E-state index is 11.8. The molecule has 0 aromatic heterocycles. The summed E-state index contributed by atoms with van der Waals surface area (Å²) in [6.45, 7) is 10.6. The van der Waals surface area contributed by atoms with E-state index < -0.39 is 9.84 Å². The minimum atomic E-state index is -3.20. The van der Waals surface area contributed by atoms with Gasteiger partial charge in [-0.05, 0) is 25.6 Å². The van der Waals surface area contributed by atoms with E-state index in [1.807, 2.05) is 12.1 Å². The summed E-state index contributed by atoms with van der Waals surface area (Å²) >= 11 is 0. The van der Waals surface area contributed by atoms with Gasteiger partial charge in [0.05, 0.1) is 10.6 Å². The molecule has 5 nitrogen and oxygen atoms in total. The smallest absolute Gasteiger partial charge is 0.177 e. The van der Waals surface area contributed by atoms with E-state index in [1.54, 1.807) is 12.1 Å². The molecule has 0 saturated carbocycles. The number of likely N-dealkylation sites (N-methyl/N-ethyl adjacent to an activating group) is 1. The van der Waals surface area contributed by atoms with E-state index in [0.717, 1.165) is 39.3 Å². The van der Waals surface area contributed by atoms with Gasteiger partial charge in [0.1, 0.15) is 0 Å². The molecule has 1 heterocycles. The molecule has 0 radical (unpaired) electrons. The Kier molecular flexibility index (Phi) is 5.83. The highest BCUT2D eigenvalue weighted by Crippen LogP contribution is 2.20. The Hall–Kier alpha value is -1.11. The Balaban J connectivity index is 1.93. The van der Waals surface area contributed by atoms with Crippen molar-refractivity contribution in [2.75, 3.05) is 50.8 Å². The number of nitrogens with zero attached hydrogens (tertiary/aromatic N) is 2. The third-order valence-electron chi connectivity index (χ3n) is 4.35. The van der Waals surface area contributed by atoms with Crippen molar-refractivity contribution in [3.05, 3.63) is 24.3 Å². The first kappa shape index (κ1) is 17.2. The molecule has 0 unspecified atom stereocenters. The highest BCUT2D eigenvalue weighted by molar-refractivity contribution is 7.90. The van der Waals surface area contributed by atoms with Crippen LogP contribution in [0.4, 0.5) is 5.69 Å². The lowest BCUT2D eigenvalue weighted by Gasteiger charge is -2.37. The summed E-state index contributed by atoms with van der Waals surface area (Å²) in [6, 6.07) is 7.49. The third-order valence-corrected chi connectivity index (χ3v) is 5.51. The average Bonchev–Trinajstić information content (AvgIpc) is 2.52. The van der Waals surface area contributed by atoms with Crippen LogP contribution < -0.4 is 5.32 Å². The zero-order valence-electron chi connectivity index (χ0n) is 13.7. The second-order valence-corrected chi connectivity index (χ2v) is 7.95. The number of para-hydroxylation sites is 1. The Bertz CT molecular complexity index is 581. The molecule has 0 bridgehead atoms. The molecule has 0 amide bonds. The van der Waals surface area contributed by atoms with Gasteiger partial charge in [-0.1, -0.05) is 19.1 Å². The van der Waals surface area contributed by atoms with Crippen molar-refractivity contribution in [1.82, 2.24) is 9.80 Å². The quantitative estimate of drug-likeness (QED) is 0.859. The molecular weight excluding hydrogens is 298 g/mol. The normalized spacial score (nSPS) is 19.0. The van der Waals surface area contributed by atoms with Gasteiger partial charge >= 0.3 is 0 Å². The van der Waals surface area contributed by atoms with Crippen molar-refractivity contribution >= 4 is 15.5 Å². The van der Waals surface area contributed by atoms with Crippen molar-refractivity contribution in [2.24, 2.45) is 0 Å². The molecular formula is C16H27N3O2S. The zero-order valence-corrected chi connectivity index (χ0v) is 14.6. The van der Waals surface area contributed by atoms with E-state index in [4.69, 9.17) is 0 Å². The molecule has 0 spiro atoms. The van der Waals surface area contributed by atoms with Crippen LogP contribution in [0.25, 0.3) is 0 Å². The summed E-state index contributed by atoms with van der Waals surface area (Å²) < 4.78 is 23.6. The van der Waals surface area contributed by atoms with Crippen molar-refractivity contribution in [3.8, 4) is 0 Å². The van der Waals surface area contributed by atoms with E-state index in [2.05, 4.69) is 29.0 Å². The first-order valence-electron chi connectivity index (χ1n) is 7.91. The highest BCUT2D eigenvalue weighted by atomic mass is 32.2. The van der Waals surface area contributed by atoms with Gasteiger partial charge < -0.3 is 10.2 Å². The summed E-state index contributed by atoms with van der Waals surface area (Å²) in [7, 11) is -3.20. The van der Waals surface area contributed by atoms with E-state index in [-0.39, 0.29) is 0 Å². The Morgan fingerprint density at radius 3 is 2.41 bits per heavy atom. The lowest BCUT2D eigenvalue weighted by Crippen LogP contribution is -2.51. The number of piperazine rings is 1. The molecule has 22 heavy (non-hydrogen) atoms. The van der Waals surface area contributed by atoms with Gasteiger partial charge in [-0.15, -0.1) is 0 Å². The van der Waals surface area contributed by atoms with E-state index in [9.17, 15) is 8.42 Å². The standard InChI is InChI=1S/C16H27N3O2S/c1-4-18-9-11-19(12-10-18)14(2)13-17-15-7-5-6-8-16(15)22(3,20)21/h5-8,14,17H,4,9-13H2,1-3H3/t14-/m1/s1. The topological polar surface area (TPSA) is 52.6 Å². The third kappa shape index (κ3) is 4.44. The number of sulfone groups is 1. The summed E-state index contributed by atoms with van der Waals surface area (Å²) in [6.07, 6.45) is 1.25. The SMILES string of the molecule is CCN1CCN([C@H](C)CNc2ccccc2S(C)(=O)=O)CC1. The van der Waals surface area contributed by atoms with Crippen molar-refractivity contribution in [3.63, 3.8) is 0 Å². The fourth-order valence-electron chi connectivity index (χ4n) is 2.84. The summed E-state index contributed by atoms with van der Waals surface area (Å²) in [5.41, 5.74) is 0.698. The molecule has 1 saturated heterocycles. The molecule has 1 aromatic carbocycles. The summed E-state index contributed by atoms with van der Waals surface area (Å²) in [5, 5.41) is 3.31. The van der Waals surface area contributed by atoms with Crippen molar-refractivity contribution < 1.29 is 8.42 Å². The zero-order chi connectivity index (χ0) is 16.2. The van der Waals surface area contributed by atoms with Gasteiger partial charge in [-0.25, -0.2) is 8.42 Å². The number of nitrogens with one attached hydrogen (secondary N) is 1. The largest absolute Gasteiger partial charge is 0.382 e. The van der Waals surface area contributed by atoms with Crippen molar-refractivity contribution in [2.45, 2.75) is 24.8 Å². The fourth-order valence-corrected chi connectivity index (χ4v) is 3.71. The van der Waals surface area contributed by atoms with Crippen LogP contribution >= 0.6 is 0 Å². The number of hydrogen-bond acceptors (Lipinski definition) is 5. The van der Waals surface area contributed by atoms with Gasteiger partial charge in [-0.3, -0.25) is 4.90 Å². The van der Waals surface area contributed by atoms with E-state index in [0.29, 0.717) is 16.6 Å². The lowest BCUT2D eigenvalue weighted by molar-refractivity contribution is 0.110. The van der Waals surface area contributed by atoms with Crippen LogP contribution in [-0.4, -0.2) is 69.8 Å². The maximum atomic E-state index is 11.8. The van der Waals surface area contributed by atoms with Crippen LogP contribution in [0.2, 0.25) is 0 Å². The molecule has 1 aromatic rings. The van der Waals surface area contributed by atoms with Crippen LogP contribution in [0.1, 0.15) is 13.8 Å². The molecule has 1 fully saturated rings. The Labute approximate surface area is 134 Å². The van der Waals surface area contributed by atoms with Gasteiger partial charge in [-0.2, -0.15) is 0 Å².